The second kappa shape index (κ2) is 9.74. The lowest BCUT2D eigenvalue weighted by molar-refractivity contribution is 0.187. The van der Waals surface area contributed by atoms with Gasteiger partial charge in [-0.25, -0.2) is 0 Å². The molecule has 0 fully saturated rings. The smallest absolute Gasteiger partial charge is 0.0263 e. The summed E-state index contributed by atoms with van der Waals surface area (Å²) in [7, 11) is 6.58. The predicted molar refractivity (Wildman–Crippen MR) is 109 cm³/mol. The zero-order valence-corrected chi connectivity index (χ0v) is 16.6. The first kappa shape index (κ1) is 19.7. The molecule has 0 unspecified atom stereocenters. The lowest BCUT2D eigenvalue weighted by Crippen LogP contribution is -2.40. The van der Waals surface area contributed by atoms with Crippen LogP contribution in [-0.4, -0.2) is 43.5 Å². The van der Waals surface area contributed by atoms with Crippen molar-refractivity contribution in [2.75, 3.05) is 27.7 Å². The van der Waals surface area contributed by atoms with Gasteiger partial charge in [-0.2, -0.15) is 0 Å². The molecule has 1 atom stereocenters. The van der Waals surface area contributed by atoms with E-state index < -0.39 is 0 Å². The van der Waals surface area contributed by atoms with Crippen LogP contribution < -0.4 is 0 Å². The first-order valence-corrected chi connectivity index (χ1v) is 9.40. The standard InChI is InChI=1S/C23H34N2/c1-19(2)14-21-12-9-13-22(15-21)17-25(5)23(18-24(3)4)16-20-10-7-6-8-11-20/h6-13,15,19,23H,14,16-18H2,1-5H3/t23-/m0/s1. The third-order valence-electron chi connectivity index (χ3n) is 4.58. The van der Waals surface area contributed by atoms with Gasteiger partial charge in [-0.15, -0.1) is 0 Å². The average molecular weight is 339 g/mol. The van der Waals surface area contributed by atoms with E-state index in [4.69, 9.17) is 0 Å². The Morgan fingerprint density at radius 1 is 0.760 bits per heavy atom. The zero-order chi connectivity index (χ0) is 18.2. The molecule has 0 radical (unpaired) electrons. The highest BCUT2D eigenvalue weighted by Gasteiger charge is 2.17. The van der Waals surface area contributed by atoms with Crippen molar-refractivity contribution in [3.63, 3.8) is 0 Å². The minimum Gasteiger partial charge on any atom is -0.308 e. The fourth-order valence-electron chi connectivity index (χ4n) is 3.41. The summed E-state index contributed by atoms with van der Waals surface area (Å²) in [6.07, 6.45) is 2.24. The first-order chi connectivity index (χ1) is 11.9. The van der Waals surface area contributed by atoms with Gasteiger partial charge < -0.3 is 4.90 Å². The van der Waals surface area contributed by atoms with E-state index in [9.17, 15) is 0 Å². The molecule has 2 aromatic rings. The van der Waals surface area contributed by atoms with Crippen LogP contribution in [0.5, 0.6) is 0 Å². The van der Waals surface area contributed by atoms with Gasteiger partial charge in [0.25, 0.3) is 0 Å². The maximum Gasteiger partial charge on any atom is 0.0263 e. The zero-order valence-electron chi connectivity index (χ0n) is 16.6. The van der Waals surface area contributed by atoms with Crippen LogP contribution in [0.15, 0.2) is 54.6 Å². The summed E-state index contributed by atoms with van der Waals surface area (Å²) in [5, 5.41) is 0. The lowest BCUT2D eigenvalue weighted by atomic mass is 10.00. The molecule has 0 amide bonds. The molecule has 136 valence electrons. The van der Waals surface area contributed by atoms with E-state index in [0.717, 1.165) is 25.9 Å². The van der Waals surface area contributed by atoms with Crippen LogP contribution in [0.4, 0.5) is 0 Å². The fraction of sp³-hybridized carbons (Fsp3) is 0.478. The van der Waals surface area contributed by atoms with Gasteiger partial charge in [-0.3, -0.25) is 4.90 Å². The van der Waals surface area contributed by atoms with Crippen LogP contribution >= 0.6 is 0 Å². The number of nitrogens with zero attached hydrogens (tertiary/aromatic N) is 2. The Morgan fingerprint density at radius 2 is 1.40 bits per heavy atom. The Labute approximate surface area is 154 Å². The van der Waals surface area contributed by atoms with Crippen LogP contribution in [-0.2, 0) is 19.4 Å². The van der Waals surface area contributed by atoms with Gasteiger partial charge in [-0.05, 0) is 56.6 Å². The second-order valence-electron chi connectivity index (χ2n) is 7.94. The monoisotopic (exact) mass is 338 g/mol. The summed E-state index contributed by atoms with van der Waals surface area (Å²) < 4.78 is 0. The highest BCUT2D eigenvalue weighted by molar-refractivity contribution is 5.24. The number of rotatable bonds is 9. The highest BCUT2D eigenvalue weighted by Crippen LogP contribution is 2.15. The molecule has 2 heteroatoms. The van der Waals surface area contributed by atoms with Crippen molar-refractivity contribution < 1.29 is 0 Å². The van der Waals surface area contributed by atoms with Crippen LogP contribution in [0.25, 0.3) is 0 Å². The molecule has 0 aliphatic carbocycles. The van der Waals surface area contributed by atoms with E-state index in [1.54, 1.807) is 0 Å². The minimum absolute atomic E-state index is 0.506. The van der Waals surface area contributed by atoms with Crippen molar-refractivity contribution in [3.05, 3.63) is 71.3 Å². The summed E-state index contributed by atoms with van der Waals surface area (Å²) in [5.41, 5.74) is 4.28. The average Bonchev–Trinajstić information content (AvgIpc) is 2.54. The minimum atomic E-state index is 0.506. The van der Waals surface area contributed by atoms with Crippen molar-refractivity contribution in [3.8, 4) is 0 Å². The molecule has 2 rings (SSSR count). The van der Waals surface area contributed by atoms with Crippen molar-refractivity contribution in [1.82, 2.24) is 9.80 Å². The maximum atomic E-state index is 2.50. The molecule has 0 saturated carbocycles. The Hall–Kier alpha value is -1.64. The SMILES string of the molecule is CC(C)Cc1cccc(CN(C)[C@@H](Cc2ccccc2)CN(C)C)c1. The van der Waals surface area contributed by atoms with E-state index in [0.29, 0.717) is 12.0 Å². The molecular weight excluding hydrogens is 304 g/mol. The molecule has 2 aromatic carbocycles. The van der Waals surface area contributed by atoms with Crippen molar-refractivity contribution >= 4 is 0 Å². The van der Waals surface area contributed by atoms with Crippen LogP contribution in [0.2, 0.25) is 0 Å². The van der Waals surface area contributed by atoms with E-state index in [1.807, 2.05) is 0 Å². The van der Waals surface area contributed by atoms with Gasteiger partial charge in [0.15, 0.2) is 0 Å². The van der Waals surface area contributed by atoms with Crippen LogP contribution in [0, 0.1) is 5.92 Å². The molecular formula is C23H34N2. The summed E-state index contributed by atoms with van der Waals surface area (Å²) in [6, 6.07) is 20.4. The molecule has 0 aromatic heterocycles. The molecule has 0 N–H and O–H groups in total. The van der Waals surface area contributed by atoms with E-state index in [2.05, 4.69) is 99.4 Å². The number of hydrogen-bond acceptors (Lipinski definition) is 2. The Kier molecular flexibility index (Phi) is 7.67. The topological polar surface area (TPSA) is 6.48 Å². The predicted octanol–water partition coefficient (Wildman–Crippen LogP) is 4.49. The molecule has 0 spiro atoms. The molecule has 0 bridgehead atoms. The van der Waals surface area contributed by atoms with Gasteiger partial charge in [0.2, 0.25) is 0 Å². The summed E-state index contributed by atoms with van der Waals surface area (Å²) in [6.45, 7) is 6.63. The van der Waals surface area contributed by atoms with Crippen molar-refractivity contribution in [2.45, 2.75) is 39.3 Å². The molecule has 0 heterocycles. The van der Waals surface area contributed by atoms with Gasteiger partial charge in [-0.1, -0.05) is 68.4 Å². The fourth-order valence-corrected chi connectivity index (χ4v) is 3.41. The second-order valence-corrected chi connectivity index (χ2v) is 7.94. The largest absolute Gasteiger partial charge is 0.308 e. The third-order valence-corrected chi connectivity index (χ3v) is 4.58. The Morgan fingerprint density at radius 3 is 2.04 bits per heavy atom. The van der Waals surface area contributed by atoms with Crippen LogP contribution in [0.3, 0.4) is 0 Å². The number of likely N-dealkylation sites (N-methyl/N-ethyl adjacent to an activating group) is 2. The summed E-state index contributed by atoms with van der Waals surface area (Å²) in [5.74, 6) is 0.701. The molecule has 2 nitrogen and oxygen atoms in total. The van der Waals surface area contributed by atoms with Crippen LogP contribution in [0.1, 0.15) is 30.5 Å². The Balaban J connectivity index is 2.07. The Bertz CT molecular complexity index is 619. The first-order valence-electron chi connectivity index (χ1n) is 9.40. The summed E-state index contributed by atoms with van der Waals surface area (Å²) in [4.78, 5) is 4.79. The van der Waals surface area contributed by atoms with Gasteiger partial charge in [0.05, 0.1) is 0 Å². The molecule has 0 aliphatic heterocycles. The maximum absolute atomic E-state index is 2.50. The van der Waals surface area contributed by atoms with E-state index >= 15 is 0 Å². The lowest BCUT2D eigenvalue weighted by Gasteiger charge is -2.31. The third kappa shape index (κ3) is 7.01. The quantitative estimate of drug-likeness (QED) is 0.665. The van der Waals surface area contributed by atoms with Gasteiger partial charge in [0.1, 0.15) is 0 Å². The molecule has 0 saturated heterocycles. The van der Waals surface area contributed by atoms with Gasteiger partial charge >= 0.3 is 0 Å². The highest BCUT2D eigenvalue weighted by atomic mass is 15.2. The number of hydrogen-bond donors (Lipinski definition) is 0. The van der Waals surface area contributed by atoms with Crippen molar-refractivity contribution in [2.24, 2.45) is 5.92 Å². The van der Waals surface area contributed by atoms with Crippen molar-refractivity contribution in [1.29, 1.82) is 0 Å². The summed E-state index contributed by atoms with van der Waals surface area (Å²) >= 11 is 0. The van der Waals surface area contributed by atoms with Gasteiger partial charge in [0, 0.05) is 19.1 Å². The normalized spacial score (nSPS) is 13.0. The molecule has 25 heavy (non-hydrogen) atoms. The van der Waals surface area contributed by atoms with E-state index in [1.165, 1.54) is 16.7 Å². The number of benzene rings is 2. The molecule has 0 aliphatic rings. The van der Waals surface area contributed by atoms with E-state index in [-0.39, 0.29) is 0 Å².